The Labute approximate surface area is 146 Å². The van der Waals surface area contributed by atoms with Gasteiger partial charge in [-0.15, -0.1) is 0 Å². The predicted molar refractivity (Wildman–Crippen MR) is 94.5 cm³/mol. The van der Waals surface area contributed by atoms with E-state index in [0.717, 1.165) is 24.1 Å². The summed E-state index contributed by atoms with van der Waals surface area (Å²) in [6.07, 6.45) is 0.199. The number of methoxy groups -OCH3 is 1. The molecule has 5 nitrogen and oxygen atoms in total. The Morgan fingerprint density at radius 3 is 2.30 bits per heavy atom. The zero-order valence-corrected chi connectivity index (χ0v) is 15.6. The van der Waals surface area contributed by atoms with Crippen LogP contribution in [0.1, 0.15) is 30.6 Å². The van der Waals surface area contributed by atoms with Crippen molar-refractivity contribution in [2.45, 2.75) is 20.3 Å². The Morgan fingerprint density at radius 2 is 1.74 bits per heavy atom. The highest BCUT2D eigenvalue weighted by molar-refractivity contribution is 9.10. The number of hydrogen-bond donors (Lipinski definition) is 0. The van der Waals surface area contributed by atoms with Gasteiger partial charge in [-0.05, 0) is 41.2 Å². The quantitative estimate of drug-likeness (QED) is 0.614. The lowest BCUT2D eigenvalue weighted by Gasteiger charge is -2.26. The number of nitrogens with zero attached hydrogens (tertiary/aromatic N) is 2. The zero-order valence-electron chi connectivity index (χ0n) is 14.0. The smallest absolute Gasteiger partial charge is 0.307 e. The number of carbonyl (C=O) groups excluding carboxylic acids is 2. The van der Waals surface area contributed by atoms with E-state index in [-0.39, 0.29) is 18.3 Å². The average molecular weight is 385 g/mol. The van der Waals surface area contributed by atoms with Crippen LogP contribution >= 0.6 is 15.9 Å². The van der Waals surface area contributed by atoms with Crippen LogP contribution in [0.25, 0.3) is 0 Å². The number of likely N-dealkylation sites (N-methyl/N-ethyl adjacent to an activating group) is 1. The number of amides is 1. The minimum absolute atomic E-state index is 0.0754. The largest absolute Gasteiger partial charge is 0.469 e. The van der Waals surface area contributed by atoms with E-state index in [4.69, 9.17) is 0 Å². The monoisotopic (exact) mass is 384 g/mol. The first-order valence-electron chi connectivity index (χ1n) is 7.86. The molecule has 0 aliphatic heterocycles. The van der Waals surface area contributed by atoms with E-state index in [0.29, 0.717) is 18.7 Å². The molecule has 0 atom stereocenters. The summed E-state index contributed by atoms with van der Waals surface area (Å²) in [6, 6.07) is 7.33. The molecular weight excluding hydrogens is 360 g/mol. The molecule has 0 N–H and O–H groups in total. The molecule has 0 fully saturated rings. The van der Waals surface area contributed by atoms with E-state index in [1.807, 2.05) is 18.2 Å². The van der Waals surface area contributed by atoms with Gasteiger partial charge in [0.1, 0.15) is 0 Å². The van der Waals surface area contributed by atoms with Gasteiger partial charge in [0.2, 0.25) is 0 Å². The second kappa shape index (κ2) is 10.4. The highest BCUT2D eigenvalue weighted by Crippen LogP contribution is 2.18. The molecule has 23 heavy (non-hydrogen) atoms. The SMILES string of the molecule is CCN(CC)CCN(CCC(=O)OC)C(=O)c1ccccc1Br. The third-order valence-corrected chi connectivity index (χ3v) is 4.48. The molecule has 6 heteroatoms. The number of rotatable bonds is 9. The fraction of sp³-hybridized carbons (Fsp3) is 0.529. The minimum atomic E-state index is -0.308. The van der Waals surface area contributed by atoms with Gasteiger partial charge in [0.05, 0.1) is 19.1 Å². The van der Waals surface area contributed by atoms with Gasteiger partial charge in [-0.25, -0.2) is 0 Å². The van der Waals surface area contributed by atoms with E-state index in [1.165, 1.54) is 7.11 Å². The van der Waals surface area contributed by atoms with E-state index in [2.05, 4.69) is 39.4 Å². The van der Waals surface area contributed by atoms with Crippen molar-refractivity contribution >= 4 is 27.8 Å². The Balaban J connectivity index is 2.82. The maximum Gasteiger partial charge on any atom is 0.307 e. The number of esters is 1. The van der Waals surface area contributed by atoms with Gasteiger partial charge < -0.3 is 14.5 Å². The van der Waals surface area contributed by atoms with E-state index in [9.17, 15) is 9.59 Å². The van der Waals surface area contributed by atoms with E-state index >= 15 is 0 Å². The molecular formula is C17H25BrN2O3. The molecule has 0 aliphatic carbocycles. The van der Waals surface area contributed by atoms with Crippen LogP contribution in [0.5, 0.6) is 0 Å². The van der Waals surface area contributed by atoms with Gasteiger partial charge in [-0.2, -0.15) is 0 Å². The number of halogens is 1. The van der Waals surface area contributed by atoms with Crippen molar-refractivity contribution in [2.75, 3.05) is 39.8 Å². The lowest BCUT2D eigenvalue weighted by atomic mass is 10.2. The van der Waals surface area contributed by atoms with Gasteiger partial charge in [0.25, 0.3) is 5.91 Å². The number of benzene rings is 1. The van der Waals surface area contributed by atoms with Crippen molar-refractivity contribution in [3.05, 3.63) is 34.3 Å². The van der Waals surface area contributed by atoms with Crippen molar-refractivity contribution < 1.29 is 14.3 Å². The highest BCUT2D eigenvalue weighted by atomic mass is 79.9. The molecule has 0 bridgehead atoms. The molecule has 128 valence electrons. The minimum Gasteiger partial charge on any atom is -0.469 e. The van der Waals surface area contributed by atoms with Crippen molar-refractivity contribution in [1.29, 1.82) is 0 Å². The molecule has 1 aromatic carbocycles. The molecule has 0 radical (unpaired) electrons. The number of hydrogen-bond acceptors (Lipinski definition) is 4. The lowest BCUT2D eigenvalue weighted by molar-refractivity contribution is -0.140. The van der Waals surface area contributed by atoms with Crippen LogP contribution in [-0.4, -0.2) is 61.5 Å². The van der Waals surface area contributed by atoms with Crippen LogP contribution in [0.3, 0.4) is 0 Å². The fourth-order valence-electron chi connectivity index (χ4n) is 2.25. The Bertz CT molecular complexity index is 518. The van der Waals surface area contributed by atoms with Crippen molar-refractivity contribution in [1.82, 2.24) is 9.80 Å². The standard InChI is InChI=1S/C17H25BrN2O3/c1-4-19(5-2)12-13-20(11-10-16(21)23-3)17(22)14-8-6-7-9-15(14)18/h6-9H,4-5,10-13H2,1-3H3. The van der Waals surface area contributed by atoms with Gasteiger partial charge in [-0.3, -0.25) is 9.59 Å². The summed E-state index contributed by atoms with van der Waals surface area (Å²) in [4.78, 5) is 28.2. The first kappa shape index (κ1) is 19.6. The molecule has 0 saturated carbocycles. The third-order valence-electron chi connectivity index (χ3n) is 3.79. The summed E-state index contributed by atoms with van der Waals surface area (Å²) in [5.41, 5.74) is 0.608. The predicted octanol–water partition coefficient (Wildman–Crippen LogP) is 2.80. The third kappa shape index (κ3) is 6.31. The zero-order chi connectivity index (χ0) is 17.2. The van der Waals surface area contributed by atoms with E-state index < -0.39 is 0 Å². The molecule has 0 aliphatic rings. The molecule has 1 rings (SSSR count). The van der Waals surface area contributed by atoms with E-state index in [1.54, 1.807) is 11.0 Å². The highest BCUT2D eigenvalue weighted by Gasteiger charge is 2.19. The maximum atomic E-state index is 12.8. The summed E-state index contributed by atoms with van der Waals surface area (Å²) in [6.45, 7) is 7.78. The first-order valence-corrected chi connectivity index (χ1v) is 8.65. The van der Waals surface area contributed by atoms with Crippen molar-refractivity contribution in [3.8, 4) is 0 Å². The molecule has 0 aromatic heterocycles. The van der Waals surface area contributed by atoms with Crippen LogP contribution in [0, 0.1) is 0 Å². The lowest BCUT2D eigenvalue weighted by Crippen LogP contribution is -2.40. The van der Waals surface area contributed by atoms with Gasteiger partial charge in [0, 0.05) is 24.1 Å². The normalized spacial score (nSPS) is 10.7. The van der Waals surface area contributed by atoms with Gasteiger partial charge >= 0.3 is 5.97 Å². The summed E-state index contributed by atoms with van der Waals surface area (Å²) < 4.78 is 5.44. The fourth-order valence-corrected chi connectivity index (χ4v) is 2.70. The Kier molecular flexibility index (Phi) is 8.87. The molecule has 0 spiro atoms. The van der Waals surface area contributed by atoms with Crippen LogP contribution < -0.4 is 0 Å². The van der Waals surface area contributed by atoms with Gasteiger partial charge in [0.15, 0.2) is 0 Å². The first-order chi connectivity index (χ1) is 11.0. The van der Waals surface area contributed by atoms with Crippen molar-refractivity contribution in [2.24, 2.45) is 0 Å². The summed E-state index contributed by atoms with van der Waals surface area (Å²) >= 11 is 3.42. The number of ether oxygens (including phenoxy) is 1. The summed E-state index contributed by atoms with van der Waals surface area (Å²) in [5, 5.41) is 0. The molecule has 0 heterocycles. The Morgan fingerprint density at radius 1 is 1.09 bits per heavy atom. The van der Waals surface area contributed by atoms with Crippen LogP contribution in [-0.2, 0) is 9.53 Å². The topological polar surface area (TPSA) is 49.9 Å². The van der Waals surface area contributed by atoms with Gasteiger partial charge in [-0.1, -0.05) is 26.0 Å². The van der Waals surface area contributed by atoms with Crippen LogP contribution in [0.15, 0.2) is 28.7 Å². The molecule has 0 unspecified atom stereocenters. The average Bonchev–Trinajstić information content (AvgIpc) is 2.57. The molecule has 1 amide bonds. The van der Waals surface area contributed by atoms with Crippen LogP contribution in [0.2, 0.25) is 0 Å². The Hall–Kier alpha value is -1.40. The number of carbonyl (C=O) groups is 2. The second-order valence-electron chi connectivity index (χ2n) is 5.13. The van der Waals surface area contributed by atoms with Crippen molar-refractivity contribution in [3.63, 3.8) is 0 Å². The summed E-state index contributed by atoms with van der Waals surface area (Å²) in [5.74, 6) is -0.383. The molecule has 0 saturated heterocycles. The maximum absolute atomic E-state index is 12.8. The van der Waals surface area contributed by atoms with Crippen LogP contribution in [0.4, 0.5) is 0 Å². The molecule has 1 aromatic rings. The summed E-state index contributed by atoms with van der Waals surface area (Å²) in [7, 11) is 1.36. The second-order valence-corrected chi connectivity index (χ2v) is 5.98.